The zero-order valence-electron chi connectivity index (χ0n) is 15.4. The maximum absolute atomic E-state index is 13.0. The highest BCUT2D eigenvalue weighted by Crippen LogP contribution is 2.42. The van der Waals surface area contributed by atoms with Crippen LogP contribution in [0.3, 0.4) is 0 Å². The predicted molar refractivity (Wildman–Crippen MR) is 109 cm³/mol. The minimum atomic E-state index is -0.691. The lowest BCUT2D eigenvalue weighted by Crippen LogP contribution is -2.29. The van der Waals surface area contributed by atoms with Crippen molar-refractivity contribution in [2.45, 2.75) is 13.0 Å². The van der Waals surface area contributed by atoms with Crippen LogP contribution in [0.15, 0.2) is 90.5 Å². The number of nitrogens with zero attached hydrogens (tertiary/aromatic N) is 1. The molecule has 4 nitrogen and oxygen atoms in total. The van der Waals surface area contributed by atoms with Crippen LogP contribution in [0, 0.1) is 6.92 Å². The number of ketones is 1. The van der Waals surface area contributed by atoms with Gasteiger partial charge in [-0.15, -0.1) is 0 Å². The average Bonchev–Trinajstić information content (AvgIpc) is 3.00. The minimum Gasteiger partial charge on any atom is -0.507 e. The molecule has 0 bridgehead atoms. The number of hydrogen-bond donors (Lipinski definition) is 1. The number of amides is 1. The largest absolute Gasteiger partial charge is 0.507 e. The summed E-state index contributed by atoms with van der Waals surface area (Å²) < 4.78 is 0. The molecular weight excluding hydrogens is 350 g/mol. The summed E-state index contributed by atoms with van der Waals surface area (Å²) in [6.45, 7) is 1.93. The van der Waals surface area contributed by atoms with E-state index in [9.17, 15) is 14.7 Å². The van der Waals surface area contributed by atoms with Gasteiger partial charge < -0.3 is 5.11 Å². The fourth-order valence-electron chi connectivity index (χ4n) is 3.58. The molecule has 3 aromatic carbocycles. The van der Waals surface area contributed by atoms with Gasteiger partial charge in [-0.2, -0.15) is 0 Å². The number of Topliss-reactive ketones (excluding diaryl/α,β-unsaturated/α-hetero) is 1. The number of aryl methyl sites for hydroxylation is 1. The van der Waals surface area contributed by atoms with Crippen molar-refractivity contribution in [2.75, 3.05) is 4.90 Å². The Hall–Kier alpha value is -3.66. The van der Waals surface area contributed by atoms with Gasteiger partial charge in [0.15, 0.2) is 0 Å². The summed E-state index contributed by atoms with van der Waals surface area (Å²) in [6.07, 6.45) is 0. The molecular formula is C24H19NO3. The third-order valence-corrected chi connectivity index (χ3v) is 4.89. The summed E-state index contributed by atoms with van der Waals surface area (Å²) in [4.78, 5) is 27.4. The van der Waals surface area contributed by atoms with E-state index in [0.29, 0.717) is 11.3 Å². The molecule has 0 radical (unpaired) electrons. The summed E-state index contributed by atoms with van der Waals surface area (Å²) in [6, 6.07) is 24.9. The first-order chi connectivity index (χ1) is 13.6. The second-order valence-electron chi connectivity index (χ2n) is 6.78. The van der Waals surface area contributed by atoms with E-state index in [-0.39, 0.29) is 11.3 Å². The smallest absolute Gasteiger partial charge is 0.300 e. The Morgan fingerprint density at radius 3 is 2.14 bits per heavy atom. The number of aliphatic hydroxyl groups is 1. The number of carbonyl (C=O) groups excluding carboxylic acids is 2. The van der Waals surface area contributed by atoms with E-state index in [4.69, 9.17) is 0 Å². The molecule has 1 heterocycles. The van der Waals surface area contributed by atoms with Crippen molar-refractivity contribution in [3.05, 3.63) is 107 Å². The van der Waals surface area contributed by atoms with Crippen LogP contribution in [0.25, 0.3) is 5.76 Å². The van der Waals surface area contributed by atoms with Gasteiger partial charge in [0.25, 0.3) is 11.7 Å². The van der Waals surface area contributed by atoms with E-state index in [2.05, 4.69) is 0 Å². The van der Waals surface area contributed by atoms with Crippen molar-refractivity contribution in [3.8, 4) is 0 Å². The SMILES string of the molecule is Cc1cccc(N2C(=O)C(=O)C(=C(O)c3ccccc3)C2c2ccccc2)c1. The maximum Gasteiger partial charge on any atom is 0.300 e. The molecule has 0 aromatic heterocycles. The van der Waals surface area contributed by atoms with Crippen molar-refractivity contribution in [1.29, 1.82) is 0 Å². The average molecular weight is 369 g/mol. The standard InChI is InChI=1S/C24H19NO3/c1-16-9-8-14-19(15-16)25-21(17-10-4-2-5-11-17)20(23(27)24(25)28)22(26)18-12-6-3-7-13-18/h2-15,21,26H,1H3. The van der Waals surface area contributed by atoms with Crippen LogP contribution in [0.5, 0.6) is 0 Å². The maximum atomic E-state index is 13.0. The van der Waals surface area contributed by atoms with Gasteiger partial charge in [-0.3, -0.25) is 14.5 Å². The van der Waals surface area contributed by atoms with Gasteiger partial charge in [-0.1, -0.05) is 72.8 Å². The minimum absolute atomic E-state index is 0.101. The Morgan fingerprint density at radius 2 is 1.50 bits per heavy atom. The van der Waals surface area contributed by atoms with Gasteiger partial charge in [0.1, 0.15) is 5.76 Å². The molecule has 3 aromatic rings. The molecule has 1 fully saturated rings. The normalized spacial score (nSPS) is 18.5. The van der Waals surface area contributed by atoms with Crippen LogP contribution in [-0.2, 0) is 9.59 Å². The highest BCUT2D eigenvalue weighted by atomic mass is 16.3. The summed E-state index contributed by atoms with van der Waals surface area (Å²) in [5.41, 5.74) is 2.98. The van der Waals surface area contributed by atoms with Crippen LogP contribution >= 0.6 is 0 Å². The van der Waals surface area contributed by atoms with Crippen molar-refractivity contribution in [1.82, 2.24) is 0 Å². The Kier molecular flexibility index (Phi) is 4.53. The summed E-state index contributed by atoms with van der Waals surface area (Å²) in [7, 11) is 0. The second-order valence-corrected chi connectivity index (χ2v) is 6.78. The third-order valence-electron chi connectivity index (χ3n) is 4.89. The first-order valence-corrected chi connectivity index (χ1v) is 9.06. The monoisotopic (exact) mass is 369 g/mol. The van der Waals surface area contributed by atoms with Crippen LogP contribution in [0.4, 0.5) is 5.69 Å². The zero-order valence-corrected chi connectivity index (χ0v) is 15.4. The Balaban J connectivity index is 1.95. The number of benzene rings is 3. The van der Waals surface area contributed by atoms with Crippen LogP contribution in [0.1, 0.15) is 22.7 Å². The van der Waals surface area contributed by atoms with Gasteiger partial charge in [-0.05, 0) is 30.2 Å². The Morgan fingerprint density at radius 1 is 0.857 bits per heavy atom. The lowest BCUT2D eigenvalue weighted by Gasteiger charge is -2.25. The summed E-state index contributed by atoms with van der Waals surface area (Å²) in [5.74, 6) is -1.49. The van der Waals surface area contributed by atoms with E-state index in [1.54, 1.807) is 30.3 Å². The molecule has 1 amide bonds. The number of hydrogen-bond acceptors (Lipinski definition) is 3. The van der Waals surface area contributed by atoms with E-state index < -0.39 is 17.7 Å². The van der Waals surface area contributed by atoms with Gasteiger partial charge in [-0.25, -0.2) is 0 Å². The van der Waals surface area contributed by atoms with Crippen molar-refractivity contribution in [3.63, 3.8) is 0 Å². The molecule has 1 N–H and O–H groups in total. The lowest BCUT2D eigenvalue weighted by atomic mass is 9.95. The molecule has 1 saturated heterocycles. The fraction of sp³-hybridized carbons (Fsp3) is 0.0833. The molecule has 1 atom stereocenters. The topological polar surface area (TPSA) is 57.6 Å². The molecule has 4 rings (SSSR count). The number of anilines is 1. The van der Waals surface area contributed by atoms with Gasteiger partial charge in [0, 0.05) is 11.3 Å². The first-order valence-electron chi connectivity index (χ1n) is 9.06. The number of carbonyl (C=O) groups is 2. The molecule has 0 saturated carbocycles. The summed E-state index contributed by atoms with van der Waals surface area (Å²) in [5, 5.41) is 10.9. The molecule has 138 valence electrons. The van der Waals surface area contributed by atoms with Crippen molar-refractivity contribution < 1.29 is 14.7 Å². The molecule has 0 aliphatic carbocycles. The fourth-order valence-corrected chi connectivity index (χ4v) is 3.58. The predicted octanol–water partition coefficient (Wildman–Crippen LogP) is 4.62. The zero-order chi connectivity index (χ0) is 19.7. The van der Waals surface area contributed by atoms with E-state index >= 15 is 0 Å². The molecule has 4 heteroatoms. The van der Waals surface area contributed by atoms with Crippen LogP contribution in [0.2, 0.25) is 0 Å². The van der Waals surface area contributed by atoms with Gasteiger partial charge in [0.05, 0.1) is 11.6 Å². The summed E-state index contributed by atoms with van der Waals surface area (Å²) >= 11 is 0. The van der Waals surface area contributed by atoms with Gasteiger partial charge in [0.2, 0.25) is 0 Å². The Labute approximate surface area is 163 Å². The quantitative estimate of drug-likeness (QED) is 0.416. The van der Waals surface area contributed by atoms with E-state index in [1.807, 2.05) is 61.5 Å². The Bertz CT molecular complexity index is 1070. The molecule has 1 unspecified atom stereocenters. The molecule has 1 aliphatic rings. The number of rotatable bonds is 3. The van der Waals surface area contributed by atoms with Gasteiger partial charge >= 0.3 is 0 Å². The van der Waals surface area contributed by atoms with E-state index in [1.165, 1.54) is 4.90 Å². The third kappa shape index (κ3) is 2.99. The van der Waals surface area contributed by atoms with Crippen LogP contribution < -0.4 is 4.90 Å². The highest BCUT2D eigenvalue weighted by Gasteiger charge is 2.46. The second kappa shape index (κ2) is 7.16. The first kappa shape index (κ1) is 17.7. The molecule has 0 spiro atoms. The number of aliphatic hydroxyl groups excluding tert-OH is 1. The van der Waals surface area contributed by atoms with Crippen molar-refractivity contribution in [2.24, 2.45) is 0 Å². The highest BCUT2D eigenvalue weighted by molar-refractivity contribution is 6.51. The van der Waals surface area contributed by atoms with E-state index in [0.717, 1.165) is 11.1 Å². The van der Waals surface area contributed by atoms with Crippen LogP contribution in [-0.4, -0.2) is 16.8 Å². The van der Waals surface area contributed by atoms with Crippen molar-refractivity contribution >= 4 is 23.1 Å². The lowest BCUT2D eigenvalue weighted by molar-refractivity contribution is -0.132. The molecule has 1 aliphatic heterocycles. The molecule has 28 heavy (non-hydrogen) atoms.